The summed E-state index contributed by atoms with van der Waals surface area (Å²) in [6, 6.07) is 6.24. The first kappa shape index (κ1) is 13.7. The average molecular weight is 303 g/mol. The maximum absolute atomic E-state index is 12.0. The van der Waals surface area contributed by atoms with Crippen LogP contribution in [-0.4, -0.2) is 25.1 Å². The molecule has 0 radical (unpaired) electrons. The van der Waals surface area contributed by atoms with E-state index in [2.05, 4.69) is 4.98 Å². The van der Waals surface area contributed by atoms with Crippen LogP contribution in [0.2, 0.25) is 5.15 Å². The van der Waals surface area contributed by atoms with Gasteiger partial charge in [-0.25, -0.2) is 4.98 Å². The molecule has 0 aliphatic rings. The van der Waals surface area contributed by atoms with Crippen molar-refractivity contribution in [1.82, 2.24) is 9.55 Å². The fourth-order valence-electron chi connectivity index (χ4n) is 1.38. The van der Waals surface area contributed by atoms with Crippen molar-refractivity contribution < 1.29 is 17.3 Å². The van der Waals surface area contributed by atoms with Crippen molar-refractivity contribution in [3.63, 3.8) is 0 Å². The number of nitrogens with zero attached hydrogens (tertiary/aromatic N) is 2. The van der Waals surface area contributed by atoms with Gasteiger partial charge in [0.1, 0.15) is 11.5 Å². The number of hydrogen-bond acceptors (Lipinski definition) is 5. The lowest BCUT2D eigenvalue weighted by atomic mass is 10.3. The lowest BCUT2D eigenvalue weighted by molar-refractivity contribution is 0.411. The maximum Gasteiger partial charge on any atom is 0.360 e. The second kappa shape index (κ2) is 5.10. The normalized spacial score (nSPS) is 11.3. The van der Waals surface area contributed by atoms with E-state index in [9.17, 15) is 8.42 Å². The van der Waals surface area contributed by atoms with Gasteiger partial charge in [-0.1, -0.05) is 17.7 Å². The summed E-state index contributed by atoms with van der Waals surface area (Å²) in [7, 11) is -1.01. The van der Waals surface area contributed by atoms with Crippen LogP contribution < -0.4 is 8.92 Å². The second-order valence-corrected chi connectivity index (χ2v) is 5.49. The molecule has 1 heterocycles. The molecule has 0 aliphatic carbocycles. The monoisotopic (exact) mass is 302 g/mol. The molecule has 0 aliphatic heterocycles. The van der Waals surface area contributed by atoms with Crippen LogP contribution in [0.15, 0.2) is 35.6 Å². The van der Waals surface area contributed by atoms with E-state index in [1.165, 1.54) is 30.1 Å². The Hall–Kier alpha value is -1.73. The lowest BCUT2D eigenvalue weighted by Gasteiger charge is -2.06. The van der Waals surface area contributed by atoms with E-state index in [0.29, 0.717) is 5.75 Å². The zero-order valence-corrected chi connectivity index (χ0v) is 11.8. The molecular formula is C11H11ClN2O4S. The van der Waals surface area contributed by atoms with Crippen LogP contribution in [0.5, 0.6) is 11.5 Å². The average Bonchev–Trinajstić information content (AvgIpc) is 2.70. The van der Waals surface area contributed by atoms with Gasteiger partial charge in [0.05, 0.1) is 13.4 Å². The van der Waals surface area contributed by atoms with Crippen LogP contribution in [0.4, 0.5) is 0 Å². The largest absolute Gasteiger partial charge is 0.497 e. The van der Waals surface area contributed by atoms with Gasteiger partial charge in [0, 0.05) is 13.1 Å². The summed E-state index contributed by atoms with van der Waals surface area (Å²) in [6.45, 7) is 0. The molecule has 0 bridgehead atoms. The molecule has 0 N–H and O–H groups in total. The highest BCUT2D eigenvalue weighted by Gasteiger charge is 2.24. The molecule has 19 heavy (non-hydrogen) atoms. The van der Waals surface area contributed by atoms with E-state index >= 15 is 0 Å². The van der Waals surface area contributed by atoms with Crippen LogP contribution in [0, 0.1) is 0 Å². The first-order valence-corrected chi connectivity index (χ1v) is 6.98. The van der Waals surface area contributed by atoms with Gasteiger partial charge in [0.15, 0.2) is 5.15 Å². The van der Waals surface area contributed by atoms with Gasteiger partial charge in [-0.2, -0.15) is 8.42 Å². The minimum Gasteiger partial charge on any atom is -0.497 e. The predicted octanol–water partition coefficient (Wildman–Crippen LogP) is 1.85. The van der Waals surface area contributed by atoms with Crippen LogP contribution in [0.1, 0.15) is 0 Å². The molecule has 102 valence electrons. The van der Waals surface area contributed by atoms with Gasteiger partial charge in [-0.05, 0) is 12.1 Å². The van der Waals surface area contributed by atoms with Crippen molar-refractivity contribution in [2.45, 2.75) is 5.03 Å². The van der Waals surface area contributed by atoms with Crippen molar-refractivity contribution in [2.24, 2.45) is 7.05 Å². The summed E-state index contributed by atoms with van der Waals surface area (Å²) in [4.78, 5) is 3.71. The van der Waals surface area contributed by atoms with Crippen LogP contribution in [0.25, 0.3) is 0 Å². The first-order valence-electron chi connectivity index (χ1n) is 5.19. The minimum absolute atomic E-state index is 0.0112. The Morgan fingerprint density at radius 2 is 2.00 bits per heavy atom. The molecule has 0 saturated carbocycles. The number of aryl methyl sites for hydroxylation is 1. The van der Waals surface area contributed by atoms with E-state index in [-0.39, 0.29) is 15.9 Å². The molecule has 2 aromatic rings. The number of aromatic nitrogens is 2. The van der Waals surface area contributed by atoms with Crippen LogP contribution >= 0.6 is 11.6 Å². The van der Waals surface area contributed by atoms with Crippen LogP contribution in [0.3, 0.4) is 0 Å². The molecule has 1 aromatic heterocycles. The fourth-order valence-corrected chi connectivity index (χ4v) is 2.72. The van der Waals surface area contributed by atoms with Gasteiger partial charge >= 0.3 is 10.1 Å². The zero-order valence-electron chi connectivity index (χ0n) is 10.2. The van der Waals surface area contributed by atoms with Crippen molar-refractivity contribution in [2.75, 3.05) is 7.11 Å². The molecule has 6 nitrogen and oxygen atoms in total. The van der Waals surface area contributed by atoms with Crippen molar-refractivity contribution in [3.05, 3.63) is 35.7 Å². The van der Waals surface area contributed by atoms with Gasteiger partial charge in [0.2, 0.25) is 5.03 Å². The molecule has 0 amide bonds. The zero-order chi connectivity index (χ0) is 14.0. The first-order chi connectivity index (χ1) is 8.94. The predicted molar refractivity (Wildman–Crippen MR) is 69.0 cm³/mol. The lowest BCUT2D eigenvalue weighted by Crippen LogP contribution is -2.11. The molecular weight excluding hydrogens is 292 g/mol. The Morgan fingerprint density at radius 3 is 2.58 bits per heavy atom. The van der Waals surface area contributed by atoms with E-state index in [1.54, 1.807) is 19.2 Å². The maximum atomic E-state index is 12.0. The molecule has 0 saturated heterocycles. The van der Waals surface area contributed by atoms with Gasteiger partial charge in [-0.15, -0.1) is 0 Å². The second-order valence-electron chi connectivity index (χ2n) is 3.67. The highest BCUT2D eigenvalue weighted by Crippen LogP contribution is 2.25. The number of benzene rings is 1. The van der Waals surface area contributed by atoms with Gasteiger partial charge < -0.3 is 13.5 Å². The summed E-state index contributed by atoms with van der Waals surface area (Å²) in [5.74, 6) is 0.612. The Morgan fingerprint density at radius 1 is 1.32 bits per heavy atom. The Balaban J connectivity index is 2.33. The summed E-state index contributed by atoms with van der Waals surface area (Å²) < 4.78 is 35.3. The molecule has 0 fully saturated rings. The topological polar surface area (TPSA) is 70.4 Å². The SMILES string of the molecule is COc1cccc(OS(=O)(=O)c2ncn(C)c2Cl)c1. The third-order valence-electron chi connectivity index (χ3n) is 2.32. The summed E-state index contributed by atoms with van der Waals surface area (Å²) in [6.07, 6.45) is 1.30. The number of imidazole rings is 1. The molecule has 0 spiro atoms. The smallest absolute Gasteiger partial charge is 0.360 e. The van der Waals surface area contributed by atoms with Gasteiger partial charge in [-0.3, -0.25) is 0 Å². The number of methoxy groups -OCH3 is 1. The molecule has 2 rings (SSSR count). The molecule has 0 atom stereocenters. The Kier molecular flexibility index (Phi) is 3.68. The molecule has 0 unspecified atom stereocenters. The highest BCUT2D eigenvalue weighted by molar-refractivity contribution is 7.87. The van der Waals surface area contributed by atoms with Crippen molar-refractivity contribution in [1.29, 1.82) is 0 Å². The quantitative estimate of drug-likeness (QED) is 0.806. The number of ether oxygens (including phenoxy) is 1. The molecule has 8 heteroatoms. The minimum atomic E-state index is -4.07. The van der Waals surface area contributed by atoms with E-state index in [4.69, 9.17) is 20.5 Å². The van der Waals surface area contributed by atoms with E-state index in [0.717, 1.165) is 0 Å². The van der Waals surface area contributed by atoms with E-state index in [1.807, 2.05) is 0 Å². The molecule has 1 aromatic carbocycles. The number of rotatable bonds is 4. The highest BCUT2D eigenvalue weighted by atomic mass is 35.5. The Bertz CT molecular complexity index is 696. The van der Waals surface area contributed by atoms with E-state index < -0.39 is 10.1 Å². The fraction of sp³-hybridized carbons (Fsp3) is 0.182. The third kappa shape index (κ3) is 2.82. The summed E-state index contributed by atoms with van der Waals surface area (Å²) >= 11 is 5.83. The number of hydrogen-bond donors (Lipinski definition) is 0. The summed E-state index contributed by atoms with van der Waals surface area (Å²) in [5.41, 5.74) is 0. The summed E-state index contributed by atoms with van der Waals surface area (Å²) in [5, 5.41) is -0.331. The Labute approximate surface area is 115 Å². The van der Waals surface area contributed by atoms with Crippen molar-refractivity contribution in [3.8, 4) is 11.5 Å². The van der Waals surface area contributed by atoms with Crippen LogP contribution in [-0.2, 0) is 17.2 Å². The number of halogens is 1. The third-order valence-corrected chi connectivity index (χ3v) is 4.06. The standard InChI is InChI=1S/C11H11ClN2O4S/c1-14-7-13-11(10(14)12)19(15,16)18-9-5-3-4-8(6-9)17-2/h3-7H,1-2H3. The van der Waals surface area contributed by atoms with Crippen molar-refractivity contribution >= 4 is 21.7 Å². The van der Waals surface area contributed by atoms with Gasteiger partial charge in [0.25, 0.3) is 0 Å².